The number of carbonyl (C=O) groups excluding carboxylic acids is 1. The number of ketones is 1. The van der Waals surface area contributed by atoms with E-state index in [1.807, 2.05) is 0 Å². The fourth-order valence-corrected chi connectivity index (χ4v) is 3.46. The fraction of sp³-hybridized carbons (Fsp3) is 0.571. The van der Waals surface area contributed by atoms with Crippen molar-refractivity contribution in [3.8, 4) is 0 Å². The number of allylic oxidation sites excluding steroid dienone is 3. The van der Waals surface area contributed by atoms with Gasteiger partial charge in [-0.05, 0) is 50.6 Å². The summed E-state index contributed by atoms with van der Waals surface area (Å²) in [4.78, 5) is 16.5. The summed E-state index contributed by atoms with van der Waals surface area (Å²) in [5.74, 6) is -0.0915. The monoisotopic (exact) mass is 248 g/mol. The molecule has 0 bridgehead atoms. The minimum Gasteiger partial charge on any atom is -0.317 e. The molecular weight excluding hydrogens is 231 g/mol. The highest BCUT2D eigenvalue weighted by Crippen LogP contribution is 2.49. The fourth-order valence-electron chi connectivity index (χ4n) is 3.46. The summed E-state index contributed by atoms with van der Waals surface area (Å²) in [5.41, 5.74) is 1.64. The first-order valence-corrected chi connectivity index (χ1v) is 6.49. The molecule has 1 aliphatic carbocycles. The van der Waals surface area contributed by atoms with Crippen LogP contribution in [0.15, 0.2) is 28.5 Å². The van der Waals surface area contributed by atoms with Gasteiger partial charge in [0.15, 0.2) is 5.78 Å². The number of fused-ring (bicyclic) bond motifs is 2. The number of halogens is 1. The standard InChI is InChI=1S/C14H17FN2O/c1-9(18)13-14(4-6-16-7-5-14)11-8-10(15)2-3-12(11)17-13/h2,8,13,16H,3-7H2,1H3. The van der Waals surface area contributed by atoms with Crippen molar-refractivity contribution < 1.29 is 9.18 Å². The molecule has 3 rings (SSSR count). The van der Waals surface area contributed by atoms with Gasteiger partial charge in [0.2, 0.25) is 0 Å². The zero-order valence-electron chi connectivity index (χ0n) is 10.5. The van der Waals surface area contributed by atoms with E-state index in [9.17, 15) is 9.18 Å². The van der Waals surface area contributed by atoms with E-state index in [-0.39, 0.29) is 23.1 Å². The highest BCUT2D eigenvalue weighted by atomic mass is 19.1. The van der Waals surface area contributed by atoms with Crippen molar-refractivity contribution in [1.82, 2.24) is 5.32 Å². The molecule has 1 fully saturated rings. The lowest BCUT2D eigenvalue weighted by atomic mass is 9.66. The first-order chi connectivity index (χ1) is 8.63. The predicted molar refractivity (Wildman–Crippen MR) is 68.3 cm³/mol. The Morgan fingerprint density at radius 3 is 2.89 bits per heavy atom. The van der Waals surface area contributed by atoms with Crippen molar-refractivity contribution in [1.29, 1.82) is 0 Å². The lowest BCUT2D eigenvalue weighted by molar-refractivity contribution is -0.120. The van der Waals surface area contributed by atoms with Gasteiger partial charge in [-0.1, -0.05) is 0 Å². The van der Waals surface area contributed by atoms with Gasteiger partial charge in [0, 0.05) is 17.5 Å². The number of rotatable bonds is 1. The molecule has 1 saturated heterocycles. The Morgan fingerprint density at radius 1 is 1.50 bits per heavy atom. The zero-order chi connectivity index (χ0) is 12.8. The SMILES string of the molecule is CC(=O)C1N=C2CC=C(F)C=C2C12CCNCC2. The Kier molecular flexibility index (Phi) is 2.70. The van der Waals surface area contributed by atoms with Crippen molar-refractivity contribution >= 4 is 11.5 Å². The molecule has 18 heavy (non-hydrogen) atoms. The van der Waals surface area contributed by atoms with E-state index in [0.29, 0.717) is 6.42 Å². The molecule has 0 aromatic carbocycles. The number of hydrogen-bond donors (Lipinski definition) is 1. The van der Waals surface area contributed by atoms with Crippen molar-refractivity contribution in [2.45, 2.75) is 32.2 Å². The second kappa shape index (κ2) is 4.12. The Hall–Kier alpha value is -1.29. The molecule has 0 saturated carbocycles. The molecule has 1 spiro atoms. The summed E-state index contributed by atoms with van der Waals surface area (Å²) >= 11 is 0. The van der Waals surface area contributed by atoms with Crippen molar-refractivity contribution in [3.63, 3.8) is 0 Å². The van der Waals surface area contributed by atoms with Gasteiger partial charge in [-0.25, -0.2) is 4.39 Å². The molecule has 1 atom stereocenters. The van der Waals surface area contributed by atoms with Crippen LogP contribution in [0.25, 0.3) is 0 Å². The van der Waals surface area contributed by atoms with Crippen LogP contribution in [0.5, 0.6) is 0 Å². The quantitative estimate of drug-likeness (QED) is 0.770. The normalized spacial score (nSPS) is 29.4. The molecule has 0 aromatic rings. The van der Waals surface area contributed by atoms with Crippen LogP contribution >= 0.6 is 0 Å². The summed E-state index contributed by atoms with van der Waals surface area (Å²) in [6.45, 7) is 3.34. The molecule has 2 aliphatic heterocycles. The van der Waals surface area contributed by atoms with Crippen LogP contribution in [0.1, 0.15) is 26.2 Å². The van der Waals surface area contributed by atoms with Crippen molar-refractivity contribution in [2.75, 3.05) is 13.1 Å². The summed E-state index contributed by atoms with van der Waals surface area (Å²) in [5, 5.41) is 3.30. The smallest absolute Gasteiger partial charge is 0.155 e. The number of nitrogens with one attached hydrogen (secondary N) is 1. The maximum Gasteiger partial charge on any atom is 0.155 e. The second-order valence-electron chi connectivity index (χ2n) is 5.35. The van der Waals surface area contributed by atoms with Crippen molar-refractivity contribution in [3.05, 3.63) is 23.6 Å². The number of nitrogens with zero attached hydrogens (tertiary/aromatic N) is 1. The average molecular weight is 248 g/mol. The van der Waals surface area contributed by atoms with E-state index in [4.69, 9.17) is 0 Å². The van der Waals surface area contributed by atoms with Gasteiger partial charge in [-0.2, -0.15) is 0 Å². The Morgan fingerprint density at radius 2 is 2.22 bits per heavy atom. The predicted octanol–water partition coefficient (Wildman–Crippen LogP) is 1.95. The molecule has 1 N–H and O–H groups in total. The summed E-state index contributed by atoms with van der Waals surface area (Å²) < 4.78 is 13.5. The number of aliphatic imine (C=N–C) groups is 1. The van der Waals surface area contributed by atoms with Crippen LogP contribution in [0.3, 0.4) is 0 Å². The van der Waals surface area contributed by atoms with E-state index < -0.39 is 0 Å². The van der Waals surface area contributed by atoms with Crippen LogP contribution in [-0.4, -0.2) is 30.6 Å². The van der Waals surface area contributed by atoms with Crippen LogP contribution < -0.4 is 5.32 Å². The highest BCUT2D eigenvalue weighted by Gasteiger charge is 2.50. The van der Waals surface area contributed by atoms with Crippen LogP contribution in [0, 0.1) is 5.41 Å². The Balaban J connectivity index is 2.07. The van der Waals surface area contributed by atoms with Gasteiger partial charge in [-0.15, -0.1) is 0 Å². The maximum absolute atomic E-state index is 13.5. The Bertz CT molecular complexity index is 484. The minimum atomic E-state index is -0.305. The number of piperidine rings is 1. The third-order valence-corrected chi connectivity index (χ3v) is 4.31. The van der Waals surface area contributed by atoms with Gasteiger partial charge in [-0.3, -0.25) is 9.79 Å². The molecule has 4 heteroatoms. The van der Waals surface area contributed by atoms with Gasteiger partial charge in [0.05, 0.1) is 0 Å². The lowest BCUT2D eigenvalue weighted by Crippen LogP contribution is -2.45. The lowest BCUT2D eigenvalue weighted by Gasteiger charge is -2.39. The molecule has 3 nitrogen and oxygen atoms in total. The number of Topliss-reactive ketones (excluding diaryl/α,β-unsaturated/α-hetero) is 1. The van der Waals surface area contributed by atoms with E-state index in [0.717, 1.165) is 37.2 Å². The number of hydrogen-bond acceptors (Lipinski definition) is 3. The van der Waals surface area contributed by atoms with Gasteiger partial charge in [0.1, 0.15) is 11.9 Å². The molecular formula is C14H17FN2O. The topological polar surface area (TPSA) is 41.5 Å². The van der Waals surface area contributed by atoms with E-state index in [1.54, 1.807) is 19.1 Å². The highest BCUT2D eigenvalue weighted by molar-refractivity contribution is 6.08. The third-order valence-electron chi connectivity index (χ3n) is 4.31. The van der Waals surface area contributed by atoms with E-state index in [1.165, 1.54) is 0 Å². The molecule has 96 valence electrons. The van der Waals surface area contributed by atoms with E-state index in [2.05, 4.69) is 10.3 Å². The molecule has 1 unspecified atom stereocenters. The van der Waals surface area contributed by atoms with Crippen molar-refractivity contribution in [2.24, 2.45) is 10.4 Å². The van der Waals surface area contributed by atoms with Crippen LogP contribution in [0.2, 0.25) is 0 Å². The molecule has 2 heterocycles. The van der Waals surface area contributed by atoms with Gasteiger partial charge in [0.25, 0.3) is 0 Å². The van der Waals surface area contributed by atoms with Gasteiger partial charge >= 0.3 is 0 Å². The molecule has 0 radical (unpaired) electrons. The van der Waals surface area contributed by atoms with E-state index >= 15 is 0 Å². The average Bonchev–Trinajstić information content (AvgIpc) is 2.65. The van der Waals surface area contributed by atoms with Crippen LogP contribution in [0.4, 0.5) is 4.39 Å². The van der Waals surface area contributed by atoms with Crippen LogP contribution in [-0.2, 0) is 4.79 Å². The zero-order valence-corrected chi connectivity index (χ0v) is 10.5. The summed E-state index contributed by atoms with van der Waals surface area (Å²) in [6, 6.07) is -0.305. The second-order valence-corrected chi connectivity index (χ2v) is 5.35. The Labute approximate surface area is 106 Å². The first-order valence-electron chi connectivity index (χ1n) is 6.49. The maximum atomic E-state index is 13.5. The summed E-state index contributed by atoms with van der Waals surface area (Å²) in [6.07, 6.45) is 5.39. The molecule has 3 aliphatic rings. The number of carbonyl (C=O) groups is 1. The molecule has 0 amide bonds. The third kappa shape index (κ3) is 1.59. The van der Waals surface area contributed by atoms with Gasteiger partial charge < -0.3 is 5.32 Å². The largest absolute Gasteiger partial charge is 0.317 e. The first kappa shape index (κ1) is 11.8. The summed E-state index contributed by atoms with van der Waals surface area (Å²) in [7, 11) is 0. The molecule has 0 aromatic heterocycles. The minimum absolute atomic E-state index is 0.0973.